The van der Waals surface area contributed by atoms with Gasteiger partial charge in [-0.1, -0.05) is 26.7 Å². The average molecular weight is 198 g/mol. The van der Waals surface area contributed by atoms with E-state index in [-0.39, 0.29) is 0 Å². The molecule has 0 aromatic carbocycles. The third kappa shape index (κ3) is 3.25. The van der Waals surface area contributed by atoms with Crippen molar-refractivity contribution in [3.63, 3.8) is 0 Å². The molecule has 1 atom stereocenters. The zero-order valence-corrected chi connectivity index (χ0v) is 10.1. The van der Waals surface area contributed by atoms with Crippen molar-refractivity contribution in [3.8, 4) is 0 Å². The van der Waals surface area contributed by atoms with E-state index in [9.17, 15) is 0 Å². The van der Waals surface area contributed by atoms with Crippen LogP contribution in [0.2, 0.25) is 0 Å². The Morgan fingerprint density at radius 3 is 2.50 bits per heavy atom. The van der Waals surface area contributed by atoms with Crippen LogP contribution >= 0.6 is 0 Å². The van der Waals surface area contributed by atoms with Crippen molar-refractivity contribution in [2.75, 3.05) is 26.2 Å². The lowest BCUT2D eigenvalue weighted by Crippen LogP contribution is -2.40. The summed E-state index contributed by atoms with van der Waals surface area (Å²) in [5, 5.41) is 3.47. The molecule has 84 valence electrons. The topological polar surface area (TPSA) is 15.3 Å². The van der Waals surface area contributed by atoms with Gasteiger partial charge in [0.2, 0.25) is 0 Å². The smallest absolute Gasteiger partial charge is 0.0110 e. The van der Waals surface area contributed by atoms with E-state index in [0.717, 1.165) is 12.0 Å². The molecule has 1 fully saturated rings. The molecule has 1 rings (SSSR count). The molecule has 1 saturated heterocycles. The van der Waals surface area contributed by atoms with Gasteiger partial charge in [-0.15, -0.1) is 0 Å². The lowest BCUT2D eigenvalue weighted by atomic mass is 9.94. The summed E-state index contributed by atoms with van der Waals surface area (Å²) in [6.07, 6.45) is 3.95. The quantitative estimate of drug-likeness (QED) is 0.744. The van der Waals surface area contributed by atoms with E-state index in [1.54, 1.807) is 0 Å². The van der Waals surface area contributed by atoms with Crippen LogP contribution in [-0.2, 0) is 0 Å². The first-order valence-corrected chi connectivity index (χ1v) is 6.24. The molecule has 1 N–H and O–H groups in total. The molecule has 0 aromatic heterocycles. The summed E-state index contributed by atoms with van der Waals surface area (Å²) in [4.78, 5) is 2.66. The highest BCUT2D eigenvalue weighted by molar-refractivity contribution is 4.76. The molecule has 1 heterocycles. The number of nitrogens with one attached hydrogen (secondary N) is 1. The van der Waals surface area contributed by atoms with Crippen LogP contribution in [0.5, 0.6) is 0 Å². The lowest BCUT2D eigenvalue weighted by Gasteiger charge is -2.33. The van der Waals surface area contributed by atoms with Gasteiger partial charge in [-0.2, -0.15) is 0 Å². The molecule has 0 amide bonds. The zero-order valence-electron chi connectivity index (χ0n) is 10.1. The molecule has 0 aliphatic carbocycles. The Balaban J connectivity index is 2.43. The fourth-order valence-electron chi connectivity index (χ4n) is 2.54. The van der Waals surface area contributed by atoms with Crippen LogP contribution in [0.3, 0.4) is 0 Å². The van der Waals surface area contributed by atoms with Gasteiger partial charge in [0, 0.05) is 19.1 Å². The van der Waals surface area contributed by atoms with Crippen LogP contribution in [0.25, 0.3) is 0 Å². The van der Waals surface area contributed by atoms with Crippen molar-refractivity contribution in [3.05, 3.63) is 0 Å². The summed E-state index contributed by atoms with van der Waals surface area (Å²) in [7, 11) is 0. The number of hydrogen-bond donors (Lipinski definition) is 1. The van der Waals surface area contributed by atoms with Gasteiger partial charge in [-0.3, -0.25) is 4.90 Å². The molecule has 0 aromatic rings. The van der Waals surface area contributed by atoms with Crippen LogP contribution < -0.4 is 5.32 Å². The summed E-state index contributed by atoms with van der Waals surface area (Å²) in [5.41, 5.74) is 0. The monoisotopic (exact) mass is 198 g/mol. The highest BCUT2D eigenvalue weighted by Gasteiger charge is 2.21. The fraction of sp³-hybridized carbons (Fsp3) is 1.00. The van der Waals surface area contributed by atoms with Crippen LogP contribution in [0.4, 0.5) is 0 Å². The van der Waals surface area contributed by atoms with Crippen molar-refractivity contribution in [1.29, 1.82) is 0 Å². The summed E-state index contributed by atoms with van der Waals surface area (Å²) in [6.45, 7) is 11.9. The van der Waals surface area contributed by atoms with E-state index >= 15 is 0 Å². The lowest BCUT2D eigenvalue weighted by molar-refractivity contribution is 0.157. The highest BCUT2D eigenvalue weighted by Crippen LogP contribution is 2.18. The Bertz CT molecular complexity index is 135. The standard InChI is InChI=1S/C12H26N2/c1-4-12(5-2)11(3)14-9-6-7-13-8-10-14/h11-13H,4-10H2,1-3H3. The third-order valence-corrected chi connectivity index (χ3v) is 3.68. The maximum atomic E-state index is 3.47. The fourth-order valence-corrected chi connectivity index (χ4v) is 2.54. The van der Waals surface area contributed by atoms with Gasteiger partial charge in [0.15, 0.2) is 0 Å². The second-order valence-electron chi connectivity index (χ2n) is 4.46. The molecular weight excluding hydrogens is 172 g/mol. The van der Waals surface area contributed by atoms with Crippen molar-refractivity contribution < 1.29 is 0 Å². The Hall–Kier alpha value is -0.0800. The van der Waals surface area contributed by atoms with Gasteiger partial charge >= 0.3 is 0 Å². The first-order chi connectivity index (χ1) is 6.79. The predicted molar refractivity (Wildman–Crippen MR) is 62.6 cm³/mol. The molecule has 0 spiro atoms. The molecule has 0 saturated carbocycles. The molecule has 0 bridgehead atoms. The summed E-state index contributed by atoms with van der Waals surface area (Å²) < 4.78 is 0. The largest absolute Gasteiger partial charge is 0.315 e. The summed E-state index contributed by atoms with van der Waals surface area (Å²) in [6, 6.07) is 0.768. The maximum Gasteiger partial charge on any atom is 0.0110 e. The SMILES string of the molecule is CCC(CC)C(C)N1CCCNCC1. The van der Waals surface area contributed by atoms with E-state index in [2.05, 4.69) is 31.0 Å². The van der Waals surface area contributed by atoms with E-state index in [4.69, 9.17) is 0 Å². The first kappa shape index (κ1) is 12.0. The van der Waals surface area contributed by atoms with Crippen molar-refractivity contribution >= 4 is 0 Å². The molecule has 1 unspecified atom stereocenters. The Kier molecular flexibility index (Phi) is 5.49. The van der Waals surface area contributed by atoms with E-state index in [0.29, 0.717) is 0 Å². The Morgan fingerprint density at radius 2 is 1.86 bits per heavy atom. The molecule has 14 heavy (non-hydrogen) atoms. The number of nitrogens with zero attached hydrogens (tertiary/aromatic N) is 1. The second-order valence-corrected chi connectivity index (χ2v) is 4.46. The molecular formula is C12H26N2. The molecule has 2 heteroatoms. The summed E-state index contributed by atoms with van der Waals surface area (Å²) in [5.74, 6) is 0.882. The van der Waals surface area contributed by atoms with Gasteiger partial charge in [0.1, 0.15) is 0 Å². The van der Waals surface area contributed by atoms with Crippen molar-refractivity contribution in [1.82, 2.24) is 10.2 Å². The first-order valence-electron chi connectivity index (χ1n) is 6.24. The van der Waals surface area contributed by atoms with Gasteiger partial charge in [0.05, 0.1) is 0 Å². The van der Waals surface area contributed by atoms with E-state index < -0.39 is 0 Å². The minimum absolute atomic E-state index is 0.768. The average Bonchev–Trinajstić information content (AvgIpc) is 2.47. The van der Waals surface area contributed by atoms with E-state index in [1.165, 1.54) is 45.4 Å². The van der Waals surface area contributed by atoms with Crippen LogP contribution in [-0.4, -0.2) is 37.1 Å². The van der Waals surface area contributed by atoms with Gasteiger partial charge in [0.25, 0.3) is 0 Å². The molecule has 2 nitrogen and oxygen atoms in total. The van der Waals surface area contributed by atoms with Crippen molar-refractivity contribution in [2.45, 2.75) is 46.1 Å². The normalized spacial score (nSPS) is 22.3. The third-order valence-electron chi connectivity index (χ3n) is 3.68. The Morgan fingerprint density at radius 1 is 1.14 bits per heavy atom. The Labute approximate surface area is 89.1 Å². The van der Waals surface area contributed by atoms with Gasteiger partial charge in [-0.05, 0) is 32.4 Å². The van der Waals surface area contributed by atoms with Gasteiger partial charge < -0.3 is 5.32 Å². The van der Waals surface area contributed by atoms with Crippen LogP contribution in [0, 0.1) is 5.92 Å². The molecule has 0 radical (unpaired) electrons. The number of rotatable bonds is 4. The molecule has 1 aliphatic heterocycles. The predicted octanol–water partition coefficient (Wildman–Crippen LogP) is 2.11. The summed E-state index contributed by atoms with van der Waals surface area (Å²) >= 11 is 0. The molecule has 1 aliphatic rings. The second kappa shape index (κ2) is 6.41. The van der Waals surface area contributed by atoms with E-state index in [1.807, 2.05) is 0 Å². The van der Waals surface area contributed by atoms with Gasteiger partial charge in [-0.25, -0.2) is 0 Å². The van der Waals surface area contributed by atoms with Crippen LogP contribution in [0.15, 0.2) is 0 Å². The van der Waals surface area contributed by atoms with Crippen molar-refractivity contribution in [2.24, 2.45) is 5.92 Å². The van der Waals surface area contributed by atoms with Crippen LogP contribution in [0.1, 0.15) is 40.0 Å². The highest BCUT2D eigenvalue weighted by atomic mass is 15.2. The maximum absolute atomic E-state index is 3.47. The minimum atomic E-state index is 0.768. The minimum Gasteiger partial charge on any atom is -0.315 e. The zero-order chi connectivity index (χ0) is 10.4. The number of hydrogen-bond acceptors (Lipinski definition) is 2.